The zero-order valence-electron chi connectivity index (χ0n) is 10.4. The molecule has 0 aliphatic carbocycles. The third-order valence-corrected chi connectivity index (χ3v) is 2.66. The maximum atomic E-state index is 11.5. The number of nitrogens with zero attached hydrogens (tertiary/aromatic N) is 1. The topological polar surface area (TPSA) is 78.5 Å². The van der Waals surface area contributed by atoms with Gasteiger partial charge in [-0.05, 0) is 12.3 Å². The van der Waals surface area contributed by atoms with Gasteiger partial charge < -0.3 is 5.32 Å². The molecule has 0 spiro atoms. The average molecular weight is 241 g/mol. The van der Waals surface area contributed by atoms with Gasteiger partial charge >= 0.3 is 0 Å². The fourth-order valence-corrected chi connectivity index (χ4v) is 1.58. The summed E-state index contributed by atoms with van der Waals surface area (Å²) in [4.78, 5) is 34.4. The lowest BCUT2D eigenvalue weighted by molar-refractivity contribution is -0.135. The van der Waals surface area contributed by atoms with Gasteiger partial charge in [-0.1, -0.05) is 13.8 Å². The molecule has 0 bridgehead atoms. The average Bonchev–Trinajstić information content (AvgIpc) is 2.44. The fourth-order valence-electron chi connectivity index (χ4n) is 1.58. The van der Waals surface area contributed by atoms with Crippen molar-refractivity contribution in [3.63, 3.8) is 0 Å². The second kappa shape index (κ2) is 5.65. The quantitative estimate of drug-likeness (QED) is 0.646. The molecular weight excluding hydrogens is 222 g/mol. The minimum Gasteiger partial charge on any atom is -0.356 e. The van der Waals surface area contributed by atoms with Crippen LogP contribution in [-0.4, -0.2) is 36.3 Å². The summed E-state index contributed by atoms with van der Waals surface area (Å²) < 4.78 is 0. The van der Waals surface area contributed by atoms with Crippen LogP contribution in [0, 0.1) is 11.8 Å². The van der Waals surface area contributed by atoms with Gasteiger partial charge in [-0.15, -0.1) is 0 Å². The van der Waals surface area contributed by atoms with Gasteiger partial charge in [0.05, 0.1) is 0 Å². The lowest BCUT2D eigenvalue weighted by atomic mass is 10.0. The van der Waals surface area contributed by atoms with E-state index in [9.17, 15) is 14.4 Å². The summed E-state index contributed by atoms with van der Waals surface area (Å²) >= 11 is 0. The fraction of sp³-hybridized carbons (Fsp3) is 0.727. The highest BCUT2D eigenvalue weighted by Gasteiger charge is 2.38. The Hall–Kier alpha value is -1.59. The summed E-state index contributed by atoms with van der Waals surface area (Å²) in [7, 11) is 1.47. The van der Waals surface area contributed by atoms with Crippen LogP contribution in [0.15, 0.2) is 0 Å². The third-order valence-electron chi connectivity index (χ3n) is 2.66. The zero-order chi connectivity index (χ0) is 13.0. The molecule has 1 saturated heterocycles. The number of carbonyl (C=O) groups is 3. The monoisotopic (exact) mass is 241 g/mol. The standard InChI is InChI=1S/C11H19N3O3/c1-7(2)4-5-12-9(15)6-8-10(16)13-14(3)11(8)17/h7-8H,4-6H2,1-3H3,(H,12,15)(H,13,16). The van der Waals surface area contributed by atoms with E-state index in [1.54, 1.807) is 0 Å². The van der Waals surface area contributed by atoms with Crippen molar-refractivity contribution in [2.45, 2.75) is 26.7 Å². The molecular formula is C11H19N3O3. The molecule has 1 heterocycles. The van der Waals surface area contributed by atoms with E-state index in [4.69, 9.17) is 0 Å². The molecule has 0 saturated carbocycles. The van der Waals surface area contributed by atoms with Crippen LogP contribution in [0.5, 0.6) is 0 Å². The van der Waals surface area contributed by atoms with Crippen LogP contribution in [-0.2, 0) is 14.4 Å². The van der Waals surface area contributed by atoms with Crippen molar-refractivity contribution in [2.75, 3.05) is 13.6 Å². The SMILES string of the molecule is CC(C)CCNC(=O)CC1C(=O)NN(C)C1=O. The zero-order valence-corrected chi connectivity index (χ0v) is 10.4. The minimum absolute atomic E-state index is 0.0763. The van der Waals surface area contributed by atoms with E-state index >= 15 is 0 Å². The molecule has 6 heteroatoms. The first-order chi connectivity index (χ1) is 7.91. The van der Waals surface area contributed by atoms with E-state index in [1.165, 1.54) is 7.05 Å². The molecule has 3 amide bonds. The molecule has 1 unspecified atom stereocenters. The highest BCUT2D eigenvalue weighted by atomic mass is 16.2. The van der Waals surface area contributed by atoms with Crippen molar-refractivity contribution in [2.24, 2.45) is 11.8 Å². The number of hydrazine groups is 1. The molecule has 1 aliphatic rings. The Labute approximate surface area is 101 Å². The van der Waals surface area contributed by atoms with E-state index in [0.29, 0.717) is 12.5 Å². The van der Waals surface area contributed by atoms with Gasteiger partial charge in [0.2, 0.25) is 5.91 Å². The van der Waals surface area contributed by atoms with E-state index in [2.05, 4.69) is 24.6 Å². The van der Waals surface area contributed by atoms with Crippen LogP contribution >= 0.6 is 0 Å². The first-order valence-electron chi connectivity index (χ1n) is 5.76. The summed E-state index contributed by atoms with van der Waals surface area (Å²) in [6.07, 6.45) is 0.809. The highest BCUT2D eigenvalue weighted by Crippen LogP contribution is 2.12. The van der Waals surface area contributed by atoms with Gasteiger partial charge in [-0.3, -0.25) is 24.8 Å². The number of carbonyl (C=O) groups excluding carboxylic acids is 3. The second-order valence-electron chi connectivity index (χ2n) is 4.66. The normalized spacial score (nSPS) is 19.8. The van der Waals surface area contributed by atoms with Crippen LogP contribution in [0.4, 0.5) is 0 Å². The van der Waals surface area contributed by atoms with Crippen molar-refractivity contribution in [3.05, 3.63) is 0 Å². The summed E-state index contributed by atoms with van der Waals surface area (Å²) in [5.41, 5.74) is 2.36. The van der Waals surface area contributed by atoms with E-state index < -0.39 is 11.8 Å². The molecule has 0 aromatic carbocycles. The Morgan fingerprint density at radius 1 is 1.47 bits per heavy atom. The molecule has 0 aromatic rings. The summed E-state index contributed by atoms with van der Waals surface area (Å²) in [6.45, 7) is 4.71. The molecule has 1 aliphatic heterocycles. The molecule has 0 radical (unpaired) electrons. The van der Waals surface area contributed by atoms with Crippen molar-refractivity contribution in [1.82, 2.24) is 15.8 Å². The Balaban J connectivity index is 2.36. The highest BCUT2D eigenvalue weighted by molar-refractivity contribution is 6.07. The van der Waals surface area contributed by atoms with Crippen molar-refractivity contribution < 1.29 is 14.4 Å². The van der Waals surface area contributed by atoms with Crippen LogP contribution < -0.4 is 10.7 Å². The Morgan fingerprint density at radius 2 is 2.12 bits per heavy atom. The van der Waals surface area contributed by atoms with Gasteiger partial charge in [-0.2, -0.15) is 0 Å². The molecule has 6 nitrogen and oxygen atoms in total. The predicted octanol–water partition coefficient (Wildman–Crippen LogP) is -0.342. The van der Waals surface area contributed by atoms with Gasteiger partial charge in [0.1, 0.15) is 5.92 Å². The van der Waals surface area contributed by atoms with Crippen molar-refractivity contribution in [3.8, 4) is 0 Å². The molecule has 96 valence electrons. The Kier molecular flexibility index (Phi) is 4.48. The number of hydrogen-bond donors (Lipinski definition) is 2. The first kappa shape index (κ1) is 13.5. The number of amides is 3. The third kappa shape index (κ3) is 3.72. The van der Waals surface area contributed by atoms with Gasteiger partial charge in [0.25, 0.3) is 11.8 Å². The smallest absolute Gasteiger partial charge is 0.253 e. The summed E-state index contributed by atoms with van der Waals surface area (Å²) in [6, 6.07) is 0. The number of nitrogens with one attached hydrogen (secondary N) is 2. The predicted molar refractivity (Wildman–Crippen MR) is 61.5 cm³/mol. The number of hydrogen-bond acceptors (Lipinski definition) is 3. The lowest BCUT2D eigenvalue weighted by Crippen LogP contribution is -2.31. The van der Waals surface area contributed by atoms with Gasteiger partial charge in [0, 0.05) is 20.0 Å². The first-order valence-corrected chi connectivity index (χ1v) is 5.76. The molecule has 0 aromatic heterocycles. The van der Waals surface area contributed by atoms with E-state index in [1.807, 2.05) is 0 Å². The molecule has 1 atom stereocenters. The molecule has 1 rings (SSSR count). The Morgan fingerprint density at radius 3 is 2.59 bits per heavy atom. The largest absolute Gasteiger partial charge is 0.356 e. The summed E-state index contributed by atoms with van der Waals surface area (Å²) in [5.74, 6) is -1.38. The van der Waals surface area contributed by atoms with Gasteiger partial charge in [-0.25, -0.2) is 0 Å². The van der Waals surface area contributed by atoms with Crippen LogP contribution in [0.3, 0.4) is 0 Å². The molecule has 1 fully saturated rings. The van der Waals surface area contributed by atoms with Crippen molar-refractivity contribution in [1.29, 1.82) is 0 Å². The second-order valence-corrected chi connectivity index (χ2v) is 4.66. The minimum atomic E-state index is -0.876. The summed E-state index contributed by atoms with van der Waals surface area (Å²) in [5, 5.41) is 3.83. The van der Waals surface area contributed by atoms with Crippen LogP contribution in [0.1, 0.15) is 26.7 Å². The lowest BCUT2D eigenvalue weighted by Gasteiger charge is -2.09. The van der Waals surface area contributed by atoms with Crippen LogP contribution in [0.25, 0.3) is 0 Å². The van der Waals surface area contributed by atoms with Crippen LogP contribution in [0.2, 0.25) is 0 Å². The maximum Gasteiger partial charge on any atom is 0.253 e. The number of rotatable bonds is 5. The maximum absolute atomic E-state index is 11.5. The molecule has 17 heavy (non-hydrogen) atoms. The van der Waals surface area contributed by atoms with Gasteiger partial charge in [0.15, 0.2) is 0 Å². The van der Waals surface area contributed by atoms with Crippen molar-refractivity contribution >= 4 is 17.7 Å². The molecule has 2 N–H and O–H groups in total. The van der Waals surface area contributed by atoms with E-state index in [0.717, 1.165) is 11.4 Å². The van der Waals surface area contributed by atoms with E-state index in [-0.39, 0.29) is 18.2 Å². The Bertz CT molecular complexity index is 328.